The lowest BCUT2D eigenvalue weighted by Crippen LogP contribution is -2.38. The summed E-state index contributed by atoms with van der Waals surface area (Å²) in [4.78, 5) is 0. The van der Waals surface area contributed by atoms with Gasteiger partial charge in [-0.05, 0) is 26.5 Å². The first kappa shape index (κ1) is 8.34. The smallest absolute Gasteiger partial charge is 0.0372 e. The highest BCUT2D eigenvalue weighted by molar-refractivity contribution is 5.26. The summed E-state index contributed by atoms with van der Waals surface area (Å²) in [5, 5.41) is 6.38. The molecule has 2 N–H and O–H groups in total. The van der Waals surface area contributed by atoms with E-state index < -0.39 is 0 Å². The van der Waals surface area contributed by atoms with Crippen LogP contribution in [0, 0.1) is 0 Å². The van der Waals surface area contributed by atoms with Crippen LogP contribution in [-0.2, 0) is 0 Å². The zero-order valence-corrected chi connectivity index (χ0v) is 7.44. The van der Waals surface area contributed by atoms with E-state index in [4.69, 9.17) is 0 Å². The van der Waals surface area contributed by atoms with E-state index in [2.05, 4.69) is 35.8 Å². The number of allylic oxidation sites excluding steroid dienone is 1. The first-order valence-corrected chi connectivity index (χ1v) is 3.96. The van der Waals surface area contributed by atoms with Gasteiger partial charge in [0.1, 0.15) is 0 Å². The third kappa shape index (κ3) is 1.84. The van der Waals surface area contributed by atoms with Crippen molar-refractivity contribution in [3.05, 3.63) is 23.9 Å². The second-order valence-corrected chi connectivity index (χ2v) is 3.11. The standard InChI is InChI=1S/C9H16N2/c1-9(11-3)6-4-8(10-2)5-7-9/h4-6,10-11H,7H2,1-3H3. The molecule has 0 radical (unpaired) electrons. The van der Waals surface area contributed by atoms with E-state index >= 15 is 0 Å². The van der Waals surface area contributed by atoms with Crippen LogP contribution in [0.25, 0.3) is 0 Å². The summed E-state index contributed by atoms with van der Waals surface area (Å²) in [7, 11) is 3.93. The fourth-order valence-electron chi connectivity index (χ4n) is 1.10. The molecule has 0 saturated heterocycles. The normalized spacial score (nSPS) is 29.9. The lowest BCUT2D eigenvalue weighted by molar-refractivity contribution is 0.478. The van der Waals surface area contributed by atoms with Gasteiger partial charge in [0.2, 0.25) is 0 Å². The van der Waals surface area contributed by atoms with Crippen molar-refractivity contribution in [1.82, 2.24) is 10.6 Å². The zero-order chi connectivity index (χ0) is 8.32. The van der Waals surface area contributed by atoms with Gasteiger partial charge in [-0.3, -0.25) is 0 Å². The number of rotatable bonds is 2. The first-order chi connectivity index (χ1) is 5.20. The van der Waals surface area contributed by atoms with E-state index in [0.29, 0.717) is 0 Å². The Labute approximate surface area is 68.4 Å². The summed E-state index contributed by atoms with van der Waals surface area (Å²) in [6.07, 6.45) is 7.56. The van der Waals surface area contributed by atoms with Crippen LogP contribution in [-0.4, -0.2) is 19.6 Å². The summed E-state index contributed by atoms with van der Waals surface area (Å²) in [6.45, 7) is 2.19. The van der Waals surface area contributed by atoms with Crippen molar-refractivity contribution in [2.24, 2.45) is 0 Å². The molecule has 2 nitrogen and oxygen atoms in total. The van der Waals surface area contributed by atoms with Crippen molar-refractivity contribution >= 4 is 0 Å². The molecule has 0 amide bonds. The van der Waals surface area contributed by atoms with Crippen molar-refractivity contribution in [3.63, 3.8) is 0 Å². The molecule has 1 aliphatic carbocycles. The maximum atomic E-state index is 3.27. The molecule has 1 unspecified atom stereocenters. The van der Waals surface area contributed by atoms with E-state index in [1.165, 1.54) is 5.70 Å². The van der Waals surface area contributed by atoms with Gasteiger partial charge in [-0.25, -0.2) is 0 Å². The SMILES string of the molecule is CNC1=CCC(C)(NC)C=C1. The van der Waals surface area contributed by atoms with E-state index in [9.17, 15) is 0 Å². The lowest BCUT2D eigenvalue weighted by Gasteiger charge is -2.27. The predicted molar refractivity (Wildman–Crippen MR) is 48.4 cm³/mol. The Kier molecular flexibility index (Phi) is 2.35. The fourth-order valence-corrected chi connectivity index (χ4v) is 1.10. The molecule has 62 valence electrons. The van der Waals surface area contributed by atoms with Gasteiger partial charge in [0, 0.05) is 18.3 Å². The van der Waals surface area contributed by atoms with E-state index in [1.54, 1.807) is 0 Å². The van der Waals surface area contributed by atoms with Gasteiger partial charge in [-0.1, -0.05) is 12.2 Å². The van der Waals surface area contributed by atoms with Gasteiger partial charge in [0.25, 0.3) is 0 Å². The van der Waals surface area contributed by atoms with Crippen molar-refractivity contribution < 1.29 is 0 Å². The highest BCUT2D eigenvalue weighted by Gasteiger charge is 2.18. The molecule has 0 bridgehead atoms. The number of nitrogens with one attached hydrogen (secondary N) is 2. The van der Waals surface area contributed by atoms with Crippen molar-refractivity contribution in [2.75, 3.05) is 14.1 Å². The van der Waals surface area contributed by atoms with Gasteiger partial charge in [-0.2, -0.15) is 0 Å². The Morgan fingerprint density at radius 3 is 2.55 bits per heavy atom. The molecule has 0 saturated carbocycles. The number of likely N-dealkylation sites (N-methyl/N-ethyl adjacent to an activating group) is 2. The molecule has 0 fully saturated rings. The van der Waals surface area contributed by atoms with Crippen LogP contribution in [0.1, 0.15) is 13.3 Å². The molecule has 0 heterocycles. The topological polar surface area (TPSA) is 24.1 Å². The van der Waals surface area contributed by atoms with Gasteiger partial charge in [0.05, 0.1) is 0 Å². The minimum Gasteiger partial charge on any atom is -0.388 e. The van der Waals surface area contributed by atoms with Crippen molar-refractivity contribution in [3.8, 4) is 0 Å². The molecule has 0 aromatic carbocycles. The van der Waals surface area contributed by atoms with Crippen molar-refractivity contribution in [1.29, 1.82) is 0 Å². The number of hydrogen-bond acceptors (Lipinski definition) is 2. The first-order valence-electron chi connectivity index (χ1n) is 3.96. The van der Waals surface area contributed by atoms with Crippen LogP contribution in [0.2, 0.25) is 0 Å². The molecule has 2 heteroatoms. The Bertz CT molecular complexity index is 194. The highest BCUT2D eigenvalue weighted by Crippen LogP contribution is 2.18. The maximum Gasteiger partial charge on any atom is 0.0372 e. The van der Waals surface area contributed by atoms with Crippen LogP contribution in [0.3, 0.4) is 0 Å². The molecule has 11 heavy (non-hydrogen) atoms. The second kappa shape index (κ2) is 3.09. The van der Waals surface area contributed by atoms with Crippen LogP contribution in [0.5, 0.6) is 0 Å². The summed E-state index contributed by atoms with van der Waals surface area (Å²) < 4.78 is 0. The minimum absolute atomic E-state index is 0.153. The Morgan fingerprint density at radius 2 is 2.18 bits per heavy atom. The largest absolute Gasteiger partial charge is 0.388 e. The maximum absolute atomic E-state index is 3.27. The van der Waals surface area contributed by atoms with Gasteiger partial charge in [-0.15, -0.1) is 0 Å². The molecule has 1 atom stereocenters. The van der Waals surface area contributed by atoms with Crippen LogP contribution in [0.4, 0.5) is 0 Å². The van der Waals surface area contributed by atoms with Crippen LogP contribution < -0.4 is 10.6 Å². The molecular weight excluding hydrogens is 136 g/mol. The second-order valence-electron chi connectivity index (χ2n) is 3.11. The molecule has 0 aromatic rings. The molecule has 1 rings (SSSR count). The van der Waals surface area contributed by atoms with E-state index in [1.807, 2.05) is 14.1 Å². The molecule has 1 aliphatic rings. The predicted octanol–water partition coefficient (Wildman–Crippen LogP) is 1.03. The van der Waals surface area contributed by atoms with Crippen LogP contribution >= 0.6 is 0 Å². The summed E-state index contributed by atoms with van der Waals surface area (Å²) in [5.74, 6) is 0. The van der Waals surface area contributed by atoms with E-state index in [-0.39, 0.29) is 5.54 Å². The molecule has 0 spiro atoms. The molecule has 0 aliphatic heterocycles. The monoisotopic (exact) mass is 152 g/mol. The van der Waals surface area contributed by atoms with Crippen molar-refractivity contribution in [2.45, 2.75) is 18.9 Å². The summed E-state index contributed by atoms with van der Waals surface area (Å²) >= 11 is 0. The van der Waals surface area contributed by atoms with Gasteiger partial charge >= 0.3 is 0 Å². The third-order valence-corrected chi connectivity index (χ3v) is 2.24. The van der Waals surface area contributed by atoms with Gasteiger partial charge in [0.15, 0.2) is 0 Å². The average molecular weight is 152 g/mol. The molecule has 0 aromatic heterocycles. The lowest BCUT2D eigenvalue weighted by atomic mass is 9.93. The minimum atomic E-state index is 0.153. The summed E-state index contributed by atoms with van der Waals surface area (Å²) in [5.41, 5.74) is 1.36. The highest BCUT2D eigenvalue weighted by atomic mass is 14.9. The molecular formula is C9H16N2. The Balaban J connectivity index is 2.63. The Morgan fingerprint density at radius 1 is 1.45 bits per heavy atom. The van der Waals surface area contributed by atoms with E-state index in [0.717, 1.165) is 6.42 Å². The quantitative estimate of drug-likeness (QED) is 0.617. The van der Waals surface area contributed by atoms with Gasteiger partial charge < -0.3 is 10.6 Å². The average Bonchev–Trinajstić information content (AvgIpc) is 2.06. The zero-order valence-electron chi connectivity index (χ0n) is 7.44. The third-order valence-electron chi connectivity index (χ3n) is 2.24. The number of hydrogen-bond donors (Lipinski definition) is 2. The fraction of sp³-hybridized carbons (Fsp3) is 0.556. The van der Waals surface area contributed by atoms with Crippen LogP contribution in [0.15, 0.2) is 23.9 Å². The summed E-state index contributed by atoms with van der Waals surface area (Å²) in [6, 6.07) is 0. The Hall–Kier alpha value is -0.760.